The Morgan fingerprint density at radius 1 is 0.742 bits per heavy atom. The summed E-state index contributed by atoms with van der Waals surface area (Å²) >= 11 is 0. The van der Waals surface area contributed by atoms with Gasteiger partial charge < -0.3 is 10.4 Å². The number of nitro groups is 1. The predicted molar refractivity (Wildman–Crippen MR) is 121 cm³/mol. The molecule has 6 heteroatoms. The summed E-state index contributed by atoms with van der Waals surface area (Å²) in [5.74, 6) is -0.989. The monoisotopic (exact) mass is 410 g/mol. The first-order valence-electron chi connectivity index (χ1n) is 9.56. The number of hydrogen-bond donors (Lipinski definition) is 2. The molecular formula is C25H18N2O4. The lowest BCUT2D eigenvalue weighted by atomic mass is 9.94. The van der Waals surface area contributed by atoms with Crippen molar-refractivity contribution in [2.24, 2.45) is 0 Å². The largest absolute Gasteiger partial charge is 0.478 e. The molecule has 0 radical (unpaired) electrons. The molecule has 0 aliphatic rings. The Hall–Kier alpha value is -4.45. The van der Waals surface area contributed by atoms with Crippen molar-refractivity contribution in [1.29, 1.82) is 0 Å². The lowest BCUT2D eigenvalue weighted by molar-refractivity contribution is -0.384. The maximum Gasteiger partial charge on any atom is 0.337 e. The summed E-state index contributed by atoms with van der Waals surface area (Å²) in [5.41, 5.74) is 5.38. The zero-order valence-corrected chi connectivity index (χ0v) is 16.4. The first kappa shape index (κ1) is 19.8. The zero-order valence-electron chi connectivity index (χ0n) is 16.4. The average molecular weight is 410 g/mol. The summed E-state index contributed by atoms with van der Waals surface area (Å²) in [4.78, 5) is 21.9. The van der Waals surface area contributed by atoms with Gasteiger partial charge in [-0.1, -0.05) is 48.5 Å². The van der Waals surface area contributed by atoms with Crippen molar-refractivity contribution in [3.63, 3.8) is 0 Å². The molecule has 6 nitrogen and oxygen atoms in total. The number of rotatable bonds is 6. The van der Waals surface area contributed by atoms with Crippen LogP contribution < -0.4 is 5.32 Å². The zero-order chi connectivity index (χ0) is 21.8. The van der Waals surface area contributed by atoms with Crippen molar-refractivity contribution in [1.82, 2.24) is 0 Å². The number of hydrogen-bond acceptors (Lipinski definition) is 4. The molecule has 0 aliphatic carbocycles. The van der Waals surface area contributed by atoms with E-state index in [1.165, 1.54) is 12.1 Å². The van der Waals surface area contributed by atoms with Crippen molar-refractivity contribution in [2.45, 2.75) is 0 Å². The van der Waals surface area contributed by atoms with Gasteiger partial charge in [0.1, 0.15) is 0 Å². The van der Waals surface area contributed by atoms with Gasteiger partial charge in [-0.2, -0.15) is 0 Å². The fourth-order valence-electron chi connectivity index (χ4n) is 3.42. The highest BCUT2D eigenvalue weighted by atomic mass is 16.6. The fourth-order valence-corrected chi connectivity index (χ4v) is 3.42. The second-order valence-corrected chi connectivity index (χ2v) is 6.90. The molecule has 0 spiro atoms. The molecule has 0 aromatic heterocycles. The summed E-state index contributed by atoms with van der Waals surface area (Å²) in [6, 6.07) is 28.8. The van der Waals surface area contributed by atoms with Crippen LogP contribution in [0.5, 0.6) is 0 Å². The number of non-ortho nitro benzene ring substituents is 1. The Kier molecular flexibility index (Phi) is 5.45. The van der Waals surface area contributed by atoms with Crippen LogP contribution in [0, 0.1) is 10.1 Å². The van der Waals surface area contributed by atoms with Crippen LogP contribution in [0.15, 0.2) is 97.1 Å². The van der Waals surface area contributed by atoms with E-state index in [0.29, 0.717) is 5.69 Å². The third kappa shape index (κ3) is 4.28. The van der Waals surface area contributed by atoms with Crippen LogP contribution in [0.4, 0.5) is 17.1 Å². The van der Waals surface area contributed by atoms with E-state index in [4.69, 9.17) is 0 Å². The number of carboxylic acids is 1. The highest BCUT2D eigenvalue weighted by Crippen LogP contribution is 2.33. The van der Waals surface area contributed by atoms with E-state index in [9.17, 15) is 20.0 Å². The number of nitrogens with one attached hydrogen (secondary N) is 1. The maximum absolute atomic E-state index is 11.4. The van der Waals surface area contributed by atoms with Gasteiger partial charge in [0, 0.05) is 17.8 Å². The Morgan fingerprint density at radius 3 is 1.81 bits per heavy atom. The minimum atomic E-state index is -0.989. The van der Waals surface area contributed by atoms with Crippen LogP contribution in [-0.4, -0.2) is 16.0 Å². The minimum Gasteiger partial charge on any atom is -0.478 e. The van der Waals surface area contributed by atoms with Gasteiger partial charge in [0.15, 0.2) is 0 Å². The number of carbonyl (C=O) groups is 1. The minimum absolute atomic E-state index is 0.0540. The molecule has 4 rings (SSSR count). The third-order valence-electron chi connectivity index (χ3n) is 4.95. The number of nitro benzene ring substituents is 1. The van der Waals surface area contributed by atoms with Crippen molar-refractivity contribution >= 4 is 23.0 Å². The molecule has 0 unspecified atom stereocenters. The molecule has 4 aromatic rings. The second kappa shape index (κ2) is 8.51. The maximum atomic E-state index is 11.4. The van der Waals surface area contributed by atoms with Crippen molar-refractivity contribution in [2.75, 3.05) is 5.32 Å². The van der Waals surface area contributed by atoms with Crippen molar-refractivity contribution in [3.05, 3.63) is 113 Å². The van der Waals surface area contributed by atoms with Gasteiger partial charge in [-0.3, -0.25) is 10.1 Å². The number of carboxylic acid groups (broad SMARTS) is 1. The first-order valence-corrected chi connectivity index (χ1v) is 9.56. The third-order valence-corrected chi connectivity index (χ3v) is 4.95. The molecule has 0 amide bonds. The summed E-state index contributed by atoms with van der Waals surface area (Å²) < 4.78 is 0. The van der Waals surface area contributed by atoms with Gasteiger partial charge in [0.2, 0.25) is 0 Å². The van der Waals surface area contributed by atoms with Gasteiger partial charge in [0.05, 0.1) is 16.2 Å². The first-order chi connectivity index (χ1) is 15.0. The molecule has 152 valence electrons. The highest BCUT2D eigenvalue weighted by molar-refractivity contribution is 5.95. The SMILES string of the molecule is O=C(O)c1ccccc1Nc1ccc(-c2ccccc2-c2ccc([N+](=O)[O-])cc2)cc1. The number of para-hydroxylation sites is 1. The van der Waals surface area contributed by atoms with Crippen LogP contribution in [0.3, 0.4) is 0 Å². The molecule has 31 heavy (non-hydrogen) atoms. The summed E-state index contributed by atoms with van der Waals surface area (Å²) in [6.07, 6.45) is 0. The van der Waals surface area contributed by atoms with Gasteiger partial charge >= 0.3 is 5.97 Å². The molecule has 0 heterocycles. The van der Waals surface area contributed by atoms with Gasteiger partial charge in [0.25, 0.3) is 5.69 Å². The van der Waals surface area contributed by atoms with Crippen LogP contribution in [-0.2, 0) is 0 Å². The lowest BCUT2D eigenvalue weighted by Gasteiger charge is -2.12. The normalized spacial score (nSPS) is 10.5. The Labute approximate surface area is 178 Å². The Morgan fingerprint density at radius 2 is 1.26 bits per heavy atom. The van der Waals surface area contributed by atoms with E-state index in [1.54, 1.807) is 36.4 Å². The van der Waals surface area contributed by atoms with E-state index in [0.717, 1.165) is 27.9 Å². The summed E-state index contributed by atoms with van der Waals surface area (Å²) in [6.45, 7) is 0. The second-order valence-electron chi connectivity index (χ2n) is 6.90. The number of benzene rings is 4. The molecule has 0 atom stereocenters. The van der Waals surface area contributed by atoms with E-state index in [2.05, 4.69) is 5.32 Å². The lowest BCUT2D eigenvalue weighted by Crippen LogP contribution is -2.02. The molecule has 0 saturated heterocycles. The Bertz CT molecular complexity index is 1250. The average Bonchev–Trinajstić information content (AvgIpc) is 2.80. The van der Waals surface area contributed by atoms with Crippen LogP contribution >= 0.6 is 0 Å². The Balaban J connectivity index is 1.63. The van der Waals surface area contributed by atoms with Crippen LogP contribution in [0.1, 0.15) is 10.4 Å². The summed E-state index contributed by atoms with van der Waals surface area (Å²) in [5, 5.41) is 23.4. The van der Waals surface area contributed by atoms with Crippen LogP contribution in [0.2, 0.25) is 0 Å². The smallest absolute Gasteiger partial charge is 0.337 e. The number of nitrogens with zero attached hydrogens (tertiary/aromatic N) is 1. The fraction of sp³-hybridized carbons (Fsp3) is 0. The number of aromatic carboxylic acids is 1. The predicted octanol–water partition coefficient (Wildman–Crippen LogP) is 6.37. The number of anilines is 2. The standard InChI is InChI=1S/C25H18N2O4/c28-25(29)23-7-3-4-8-24(23)26-19-13-9-17(10-14-19)21-5-1-2-6-22(21)18-11-15-20(16-12-18)27(30)31/h1-16,26H,(H,28,29). The van der Waals surface area contributed by atoms with Crippen molar-refractivity contribution < 1.29 is 14.8 Å². The van der Waals surface area contributed by atoms with E-state index in [1.807, 2.05) is 48.5 Å². The van der Waals surface area contributed by atoms with Gasteiger partial charge in [-0.25, -0.2) is 4.79 Å². The van der Waals surface area contributed by atoms with E-state index < -0.39 is 10.9 Å². The molecule has 0 saturated carbocycles. The van der Waals surface area contributed by atoms with Crippen LogP contribution in [0.25, 0.3) is 22.3 Å². The van der Waals surface area contributed by atoms with E-state index >= 15 is 0 Å². The van der Waals surface area contributed by atoms with Crippen molar-refractivity contribution in [3.8, 4) is 22.3 Å². The quantitative estimate of drug-likeness (QED) is 0.285. The summed E-state index contributed by atoms with van der Waals surface area (Å²) in [7, 11) is 0. The molecule has 0 aliphatic heterocycles. The highest BCUT2D eigenvalue weighted by Gasteiger charge is 2.11. The van der Waals surface area contributed by atoms with Gasteiger partial charge in [-0.05, 0) is 58.7 Å². The molecular weight excluding hydrogens is 392 g/mol. The molecule has 4 aromatic carbocycles. The molecule has 0 bridgehead atoms. The van der Waals surface area contributed by atoms with E-state index in [-0.39, 0.29) is 11.3 Å². The molecule has 0 fully saturated rings. The molecule has 2 N–H and O–H groups in total. The van der Waals surface area contributed by atoms with Gasteiger partial charge in [-0.15, -0.1) is 0 Å². The topological polar surface area (TPSA) is 92.5 Å².